The molecule has 0 radical (unpaired) electrons. The van der Waals surface area contributed by atoms with Crippen molar-refractivity contribution in [2.24, 2.45) is 0 Å². The molecule has 8 nitrogen and oxygen atoms in total. The van der Waals surface area contributed by atoms with Crippen LogP contribution in [0.15, 0.2) is 24.3 Å². The van der Waals surface area contributed by atoms with Crippen LogP contribution in [-0.2, 0) is 4.84 Å². The lowest BCUT2D eigenvalue weighted by Crippen LogP contribution is -2.62. The number of rotatable bonds is 2. The molecule has 1 atom stereocenters. The van der Waals surface area contributed by atoms with E-state index in [9.17, 15) is 24.8 Å². The highest BCUT2D eigenvalue weighted by Gasteiger charge is 2.48. The van der Waals surface area contributed by atoms with Gasteiger partial charge in [-0.1, -0.05) is 0 Å². The van der Waals surface area contributed by atoms with Crippen molar-refractivity contribution in [3.63, 3.8) is 0 Å². The third-order valence-electron chi connectivity index (χ3n) is 2.62. The van der Waals surface area contributed by atoms with Crippen LogP contribution >= 0.6 is 11.8 Å². The molecular formula is C12H13ClN2O6. The number of nitro benzene ring substituents is 1. The van der Waals surface area contributed by atoms with Crippen LogP contribution in [0.1, 0.15) is 31.1 Å². The Morgan fingerprint density at radius 1 is 1.24 bits per heavy atom. The number of non-ortho nitro benzene ring substituents is 1. The number of nitrogens with zero attached hydrogens (tertiary/aromatic N) is 2. The van der Waals surface area contributed by atoms with Crippen LogP contribution in [0.4, 0.5) is 10.5 Å². The summed E-state index contributed by atoms with van der Waals surface area (Å²) in [6, 6.07) is 4.46. The van der Waals surface area contributed by atoms with Crippen LogP contribution in [0.25, 0.3) is 0 Å². The van der Waals surface area contributed by atoms with Gasteiger partial charge in [0.25, 0.3) is 5.69 Å². The van der Waals surface area contributed by atoms with Crippen molar-refractivity contribution < 1.29 is 28.6 Å². The van der Waals surface area contributed by atoms with E-state index in [0.717, 1.165) is 24.3 Å². The van der Waals surface area contributed by atoms with Crippen LogP contribution < -0.4 is 5.11 Å². The van der Waals surface area contributed by atoms with E-state index in [-0.39, 0.29) is 11.3 Å². The fourth-order valence-electron chi connectivity index (χ4n) is 1.33. The molecule has 0 spiro atoms. The number of carboxylic acid groups (broad SMARTS) is 1. The number of benzene rings is 1. The summed E-state index contributed by atoms with van der Waals surface area (Å²) in [7, 11) is 0. The number of halogens is 1. The van der Waals surface area contributed by atoms with Crippen molar-refractivity contribution in [3.8, 4) is 0 Å². The minimum absolute atomic E-state index is 0.0748. The monoisotopic (exact) mass is 316 g/mol. The van der Waals surface area contributed by atoms with E-state index in [0.29, 0.717) is 0 Å². The van der Waals surface area contributed by atoms with E-state index in [1.54, 1.807) is 0 Å². The van der Waals surface area contributed by atoms with Gasteiger partial charge in [-0.25, -0.2) is 9.63 Å². The first kappa shape index (κ1) is 16.9. The molecule has 1 amide bonds. The number of hydrogen-bond acceptors (Lipinski definition) is 6. The Kier molecular flexibility index (Phi) is 4.55. The summed E-state index contributed by atoms with van der Waals surface area (Å²) in [6.45, 7) is 4.33. The number of hydrogen-bond donors (Lipinski definition) is 0. The van der Waals surface area contributed by atoms with Crippen LogP contribution in [0.2, 0.25) is 0 Å². The van der Waals surface area contributed by atoms with Gasteiger partial charge in [-0.15, -0.1) is 0 Å². The summed E-state index contributed by atoms with van der Waals surface area (Å²) < 4.78 is -1.61. The van der Waals surface area contributed by atoms with Crippen LogP contribution in [0.5, 0.6) is 0 Å². The lowest BCUT2D eigenvalue weighted by atomic mass is 10.1. The average molecular weight is 317 g/mol. The van der Waals surface area contributed by atoms with Crippen molar-refractivity contribution in [1.29, 1.82) is 0 Å². The SMILES string of the molecule is CC(C)(C)[N+](Cl)(OC(=O)c1ccc([N+](=O)[O-])cc1)C(=O)[O-]. The molecule has 0 aliphatic carbocycles. The summed E-state index contributed by atoms with van der Waals surface area (Å²) in [5.74, 6) is -1.04. The Labute approximate surface area is 125 Å². The van der Waals surface area contributed by atoms with Gasteiger partial charge in [0.1, 0.15) is 0 Å². The molecule has 0 aliphatic heterocycles. The van der Waals surface area contributed by atoms with Gasteiger partial charge in [0.2, 0.25) is 11.8 Å². The van der Waals surface area contributed by atoms with Crippen LogP contribution in [0.3, 0.4) is 0 Å². The van der Waals surface area contributed by atoms with Crippen LogP contribution in [0, 0.1) is 10.1 Å². The minimum atomic E-state index is -1.81. The van der Waals surface area contributed by atoms with Crippen molar-refractivity contribution in [3.05, 3.63) is 39.9 Å². The third kappa shape index (κ3) is 3.47. The minimum Gasteiger partial charge on any atom is -0.494 e. The quantitative estimate of drug-likeness (QED) is 0.467. The van der Waals surface area contributed by atoms with Gasteiger partial charge >= 0.3 is 12.1 Å². The molecule has 1 aromatic rings. The topological polar surface area (TPSA) is 110 Å². The molecule has 0 N–H and O–H groups in total. The highest BCUT2D eigenvalue weighted by Crippen LogP contribution is 2.30. The Morgan fingerprint density at radius 3 is 2.05 bits per heavy atom. The lowest BCUT2D eigenvalue weighted by molar-refractivity contribution is -0.983. The maximum absolute atomic E-state index is 11.9. The number of quaternary nitrogens is 1. The molecule has 0 saturated heterocycles. The third-order valence-corrected chi connectivity index (χ3v) is 3.33. The van der Waals surface area contributed by atoms with Gasteiger partial charge in [-0.2, -0.15) is 0 Å². The summed E-state index contributed by atoms with van der Waals surface area (Å²) in [5, 5.41) is 21.7. The number of carbonyl (C=O) groups excluding carboxylic acids is 2. The maximum atomic E-state index is 11.9. The standard InChI is InChI=1S/C12H13ClN2O6/c1-12(2,3)15(13,11(17)18)21-10(16)8-4-6-9(7-5-8)14(19)20/h4-7H,1-3H3. The zero-order chi connectivity index (χ0) is 16.4. The summed E-state index contributed by atoms with van der Waals surface area (Å²) in [6.07, 6.45) is -1.81. The maximum Gasteiger partial charge on any atom is 0.400 e. The number of nitro groups is 1. The summed E-state index contributed by atoms with van der Waals surface area (Å²) >= 11 is 5.80. The molecule has 114 valence electrons. The highest BCUT2D eigenvalue weighted by atomic mass is 35.5. The molecule has 1 aromatic carbocycles. The van der Waals surface area contributed by atoms with E-state index in [2.05, 4.69) is 0 Å². The van der Waals surface area contributed by atoms with Gasteiger partial charge in [0.05, 0.1) is 10.5 Å². The number of amides is 1. The fourth-order valence-corrected chi connectivity index (χ4v) is 1.40. The molecule has 1 rings (SSSR count). The largest absolute Gasteiger partial charge is 0.494 e. The molecule has 0 aliphatic rings. The molecular weight excluding hydrogens is 304 g/mol. The molecule has 0 heterocycles. The normalized spacial score (nSPS) is 14.1. The highest BCUT2D eigenvalue weighted by molar-refractivity contribution is 6.11. The van der Waals surface area contributed by atoms with E-state index < -0.39 is 26.7 Å². The van der Waals surface area contributed by atoms with Crippen LogP contribution in [-0.4, -0.2) is 26.7 Å². The fraction of sp³-hybridized carbons (Fsp3) is 0.333. The first-order valence-electron chi connectivity index (χ1n) is 5.78. The first-order chi connectivity index (χ1) is 9.49. The summed E-state index contributed by atoms with van der Waals surface area (Å²) in [5.41, 5.74) is -1.47. The van der Waals surface area contributed by atoms with Gasteiger partial charge in [-0.05, 0) is 32.9 Å². The second-order valence-electron chi connectivity index (χ2n) is 5.15. The van der Waals surface area contributed by atoms with Gasteiger partial charge in [0, 0.05) is 16.3 Å². The average Bonchev–Trinajstić information content (AvgIpc) is 2.37. The van der Waals surface area contributed by atoms with E-state index in [4.69, 9.17) is 16.6 Å². The molecule has 0 bridgehead atoms. The van der Waals surface area contributed by atoms with Gasteiger partial charge in [0.15, 0.2) is 5.54 Å². The van der Waals surface area contributed by atoms with E-state index >= 15 is 0 Å². The number of hydroxylamine groups is 2. The Balaban J connectivity index is 3.03. The van der Waals surface area contributed by atoms with Crippen molar-refractivity contribution in [2.75, 3.05) is 0 Å². The van der Waals surface area contributed by atoms with Crippen molar-refractivity contribution in [2.45, 2.75) is 26.3 Å². The predicted octanol–water partition coefficient (Wildman–Crippen LogP) is 1.78. The second kappa shape index (κ2) is 5.66. The van der Waals surface area contributed by atoms with E-state index in [1.165, 1.54) is 20.8 Å². The van der Waals surface area contributed by atoms with Gasteiger partial charge < -0.3 is 9.90 Å². The Bertz CT molecular complexity index is 580. The lowest BCUT2D eigenvalue weighted by Gasteiger charge is -2.35. The van der Waals surface area contributed by atoms with Gasteiger partial charge in [-0.3, -0.25) is 10.1 Å². The second-order valence-corrected chi connectivity index (χ2v) is 5.63. The first-order valence-corrected chi connectivity index (χ1v) is 6.11. The Morgan fingerprint density at radius 2 is 1.71 bits per heavy atom. The predicted molar refractivity (Wildman–Crippen MR) is 69.8 cm³/mol. The molecule has 1 unspecified atom stereocenters. The smallest absolute Gasteiger partial charge is 0.400 e. The molecule has 9 heteroatoms. The zero-order valence-electron chi connectivity index (χ0n) is 11.5. The van der Waals surface area contributed by atoms with Crippen molar-refractivity contribution >= 4 is 29.5 Å². The molecule has 0 fully saturated rings. The molecule has 21 heavy (non-hydrogen) atoms. The Hall–Kier alpha value is -2.19. The number of carbonyl (C=O) groups is 2. The zero-order valence-corrected chi connectivity index (χ0v) is 12.3. The molecule has 0 aromatic heterocycles. The molecule has 0 saturated carbocycles. The van der Waals surface area contributed by atoms with Crippen molar-refractivity contribution in [1.82, 2.24) is 0 Å². The van der Waals surface area contributed by atoms with E-state index in [1.807, 2.05) is 0 Å². The summed E-state index contributed by atoms with van der Waals surface area (Å²) in [4.78, 5) is 37.7.